The van der Waals surface area contributed by atoms with Gasteiger partial charge in [-0.3, -0.25) is 0 Å². The van der Waals surface area contributed by atoms with E-state index >= 15 is 0 Å². The topological polar surface area (TPSA) is 18.5 Å². The molecule has 1 atom stereocenters. The first kappa shape index (κ1) is 38.3. The zero-order valence-corrected chi connectivity index (χ0v) is 35.9. The standard InChI is InChI=1S/C62H45N3/c1-3-24-51(25-4-1)64(60-30-16-23-45-18-8-11-27-56(45)60)52-35-37-54(38-36-52)65(61-57-28-12-9-21-48(57)42-49-41-46-19-5-6-20-47(46)43-58(49)61)53-33-31-50(32-34-53)63-62(39-13-2-14-40-62)59-29-15-22-44-17-7-10-26-55(44)59/h1-39,41-43,63H,40H2. The van der Waals surface area contributed by atoms with E-state index in [1.54, 1.807) is 0 Å². The summed E-state index contributed by atoms with van der Waals surface area (Å²) in [6.07, 6.45) is 9.75. The summed E-state index contributed by atoms with van der Waals surface area (Å²) in [4.78, 5) is 4.83. The molecule has 0 saturated carbocycles. The summed E-state index contributed by atoms with van der Waals surface area (Å²) >= 11 is 0. The first-order valence-electron chi connectivity index (χ1n) is 22.5. The molecule has 11 aromatic rings. The second-order valence-electron chi connectivity index (χ2n) is 17.0. The Bertz CT molecular complexity index is 3590. The highest BCUT2D eigenvalue weighted by atomic mass is 15.2. The Morgan fingerprint density at radius 2 is 0.877 bits per heavy atom. The van der Waals surface area contributed by atoms with E-state index in [1.807, 2.05) is 0 Å². The van der Waals surface area contributed by atoms with Gasteiger partial charge in [0.05, 0.1) is 16.9 Å². The molecule has 0 bridgehead atoms. The van der Waals surface area contributed by atoms with E-state index in [0.29, 0.717) is 0 Å². The summed E-state index contributed by atoms with van der Waals surface area (Å²) in [6, 6.07) is 84.0. The Labute approximate surface area is 379 Å². The van der Waals surface area contributed by atoms with E-state index in [9.17, 15) is 0 Å². The smallest absolute Gasteiger partial charge is 0.0853 e. The van der Waals surface area contributed by atoms with Crippen molar-refractivity contribution in [2.45, 2.75) is 12.0 Å². The van der Waals surface area contributed by atoms with Gasteiger partial charge < -0.3 is 15.1 Å². The van der Waals surface area contributed by atoms with Crippen molar-refractivity contribution in [3.63, 3.8) is 0 Å². The molecule has 1 N–H and O–H groups in total. The molecule has 12 rings (SSSR count). The summed E-state index contributed by atoms with van der Waals surface area (Å²) < 4.78 is 0. The average Bonchev–Trinajstić information content (AvgIpc) is 3.37. The van der Waals surface area contributed by atoms with Crippen LogP contribution in [-0.2, 0) is 5.54 Å². The number of benzene rings is 11. The molecular formula is C62H45N3. The summed E-state index contributed by atoms with van der Waals surface area (Å²) in [5.41, 5.74) is 8.53. The Morgan fingerprint density at radius 1 is 0.354 bits per heavy atom. The highest BCUT2D eigenvalue weighted by Gasteiger charge is 2.31. The van der Waals surface area contributed by atoms with Gasteiger partial charge in [-0.15, -0.1) is 0 Å². The number of anilines is 7. The lowest BCUT2D eigenvalue weighted by atomic mass is 9.81. The minimum Gasteiger partial charge on any atom is -0.372 e. The zero-order chi connectivity index (χ0) is 43.2. The van der Waals surface area contributed by atoms with Crippen LogP contribution in [-0.4, -0.2) is 0 Å². The van der Waals surface area contributed by atoms with Crippen LogP contribution in [0.15, 0.2) is 255 Å². The third-order valence-electron chi connectivity index (χ3n) is 13.1. The SMILES string of the molecule is C1=CCC(Nc2ccc(N(c3ccc(N(c4ccccc4)c4cccc5ccccc45)cc3)c3c4ccccc4cc4cc5ccccc5cc34)cc2)(c2cccc3ccccc23)C=C1. The van der Waals surface area contributed by atoms with Gasteiger partial charge in [0.2, 0.25) is 0 Å². The number of rotatable bonds is 9. The number of allylic oxidation sites excluding steroid dienone is 2. The molecule has 65 heavy (non-hydrogen) atoms. The maximum absolute atomic E-state index is 4.03. The Morgan fingerprint density at radius 3 is 1.58 bits per heavy atom. The molecule has 1 unspecified atom stereocenters. The molecule has 0 aliphatic heterocycles. The van der Waals surface area contributed by atoms with Crippen LogP contribution < -0.4 is 15.1 Å². The lowest BCUT2D eigenvalue weighted by Gasteiger charge is -2.35. The second-order valence-corrected chi connectivity index (χ2v) is 17.0. The minimum atomic E-state index is -0.408. The first-order chi connectivity index (χ1) is 32.2. The van der Waals surface area contributed by atoms with Crippen LogP contribution >= 0.6 is 0 Å². The lowest BCUT2D eigenvalue weighted by molar-refractivity contribution is 0.623. The van der Waals surface area contributed by atoms with E-state index in [4.69, 9.17) is 0 Å². The molecule has 0 heterocycles. The van der Waals surface area contributed by atoms with Crippen molar-refractivity contribution in [3.05, 3.63) is 260 Å². The molecule has 3 nitrogen and oxygen atoms in total. The molecule has 1 aliphatic rings. The normalized spacial score (nSPS) is 14.6. The summed E-state index contributed by atoms with van der Waals surface area (Å²) in [5, 5.41) is 16.2. The molecule has 1 aliphatic carbocycles. The van der Waals surface area contributed by atoms with Crippen molar-refractivity contribution in [2.75, 3.05) is 15.1 Å². The molecule has 0 fully saturated rings. The van der Waals surface area contributed by atoms with Crippen LogP contribution in [0.5, 0.6) is 0 Å². The van der Waals surface area contributed by atoms with Crippen molar-refractivity contribution in [3.8, 4) is 0 Å². The van der Waals surface area contributed by atoms with Gasteiger partial charge in [0, 0.05) is 44.6 Å². The number of hydrogen-bond donors (Lipinski definition) is 1. The second kappa shape index (κ2) is 16.1. The van der Waals surface area contributed by atoms with E-state index < -0.39 is 5.54 Å². The van der Waals surface area contributed by atoms with Crippen LogP contribution in [0, 0.1) is 0 Å². The molecule has 0 amide bonds. The van der Waals surface area contributed by atoms with Crippen molar-refractivity contribution in [2.24, 2.45) is 0 Å². The molecule has 0 saturated heterocycles. The molecule has 11 aromatic carbocycles. The van der Waals surface area contributed by atoms with E-state index in [2.05, 4.69) is 270 Å². The van der Waals surface area contributed by atoms with Gasteiger partial charge in [0.15, 0.2) is 0 Å². The highest BCUT2D eigenvalue weighted by molar-refractivity contribution is 6.17. The average molecular weight is 832 g/mol. The summed E-state index contributed by atoms with van der Waals surface area (Å²) in [6.45, 7) is 0. The predicted molar refractivity (Wildman–Crippen MR) is 278 cm³/mol. The van der Waals surface area contributed by atoms with E-state index in [1.165, 1.54) is 59.4 Å². The zero-order valence-electron chi connectivity index (χ0n) is 35.9. The number of nitrogens with zero attached hydrogens (tertiary/aromatic N) is 2. The molecule has 3 heteroatoms. The summed E-state index contributed by atoms with van der Waals surface area (Å²) in [7, 11) is 0. The van der Waals surface area contributed by atoms with Gasteiger partial charge in [0.1, 0.15) is 0 Å². The Balaban J connectivity index is 1.03. The molecule has 0 spiro atoms. The lowest BCUT2D eigenvalue weighted by Crippen LogP contribution is -2.34. The summed E-state index contributed by atoms with van der Waals surface area (Å²) in [5.74, 6) is 0. The van der Waals surface area contributed by atoms with Gasteiger partial charge in [-0.1, -0.05) is 170 Å². The fraction of sp³-hybridized carbons (Fsp3) is 0.0323. The third kappa shape index (κ3) is 6.86. The fourth-order valence-corrected chi connectivity index (χ4v) is 10.1. The van der Waals surface area contributed by atoms with Gasteiger partial charge in [-0.25, -0.2) is 0 Å². The quantitative estimate of drug-likeness (QED) is 0.146. The first-order valence-corrected chi connectivity index (χ1v) is 22.5. The van der Waals surface area contributed by atoms with Crippen LogP contribution in [0.25, 0.3) is 53.9 Å². The van der Waals surface area contributed by atoms with E-state index in [0.717, 1.165) is 46.2 Å². The van der Waals surface area contributed by atoms with Crippen molar-refractivity contribution < 1.29 is 0 Å². The van der Waals surface area contributed by atoms with Gasteiger partial charge in [-0.2, -0.15) is 0 Å². The van der Waals surface area contributed by atoms with Crippen LogP contribution in [0.3, 0.4) is 0 Å². The van der Waals surface area contributed by atoms with Crippen LogP contribution in [0.2, 0.25) is 0 Å². The van der Waals surface area contributed by atoms with Gasteiger partial charge in [0.25, 0.3) is 0 Å². The number of nitrogens with one attached hydrogen (secondary N) is 1. The fourth-order valence-electron chi connectivity index (χ4n) is 10.1. The largest absolute Gasteiger partial charge is 0.372 e. The maximum atomic E-state index is 4.03. The monoisotopic (exact) mass is 831 g/mol. The highest BCUT2D eigenvalue weighted by Crippen LogP contribution is 2.47. The maximum Gasteiger partial charge on any atom is 0.0853 e. The number of para-hydroxylation sites is 1. The number of hydrogen-bond acceptors (Lipinski definition) is 3. The van der Waals surface area contributed by atoms with E-state index in [-0.39, 0.29) is 0 Å². The van der Waals surface area contributed by atoms with Crippen LogP contribution in [0.1, 0.15) is 12.0 Å². The van der Waals surface area contributed by atoms with Gasteiger partial charge >= 0.3 is 0 Å². The molecule has 0 aromatic heterocycles. The van der Waals surface area contributed by atoms with Crippen molar-refractivity contribution >= 4 is 93.7 Å². The van der Waals surface area contributed by atoms with Crippen molar-refractivity contribution in [1.29, 1.82) is 0 Å². The van der Waals surface area contributed by atoms with Crippen LogP contribution in [0.4, 0.5) is 39.8 Å². The molecule has 0 radical (unpaired) electrons. The number of fused-ring (bicyclic) bond motifs is 5. The molecular weight excluding hydrogens is 787 g/mol. The Kier molecular flexibility index (Phi) is 9.46. The van der Waals surface area contributed by atoms with Crippen molar-refractivity contribution in [1.82, 2.24) is 0 Å². The third-order valence-corrected chi connectivity index (χ3v) is 13.1. The minimum absolute atomic E-state index is 0.408. The molecule has 308 valence electrons. The predicted octanol–water partition coefficient (Wildman–Crippen LogP) is 17.2. The Hall–Kier alpha value is -8.40. The van der Waals surface area contributed by atoms with Gasteiger partial charge in [-0.05, 0) is 135 Å².